The Morgan fingerprint density at radius 1 is 1.24 bits per heavy atom. The summed E-state index contributed by atoms with van der Waals surface area (Å²) >= 11 is 0. The van der Waals surface area contributed by atoms with Crippen LogP contribution >= 0.6 is 0 Å². The fourth-order valence-corrected chi connectivity index (χ4v) is 2.90. The molecule has 2 aromatic carbocycles. The van der Waals surface area contributed by atoms with Gasteiger partial charge < -0.3 is 14.8 Å². The lowest BCUT2D eigenvalue weighted by molar-refractivity contribution is 0.0385. The SMILES string of the molecule is COc1ccc2ccccc2c1[C@@H]1NC(=O)OCC1(C)C. The molecule has 4 heteroatoms. The molecule has 2 aromatic rings. The summed E-state index contributed by atoms with van der Waals surface area (Å²) in [5.74, 6) is 0.786. The second-order valence-corrected chi connectivity index (χ2v) is 6.04. The van der Waals surface area contributed by atoms with Crippen molar-refractivity contribution >= 4 is 16.9 Å². The Hall–Kier alpha value is -2.23. The quantitative estimate of drug-likeness (QED) is 0.916. The summed E-state index contributed by atoms with van der Waals surface area (Å²) in [6, 6.07) is 12.0. The summed E-state index contributed by atoms with van der Waals surface area (Å²) in [5, 5.41) is 5.17. The number of carbonyl (C=O) groups is 1. The number of rotatable bonds is 2. The number of cyclic esters (lactones) is 1. The molecule has 0 unspecified atom stereocenters. The molecule has 0 spiro atoms. The fourth-order valence-electron chi connectivity index (χ4n) is 2.90. The molecule has 1 heterocycles. The lowest BCUT2D eigenvalue weighted by Gasteiger charge is -2.39. The predicted octanol–water partition coefficient (Wildman–Crippen LogP) is 3.66. The maximum atomic E-state index is 11.7. The summed E-state index contributed by atoms with van der Waals surface area (Å²) in [6.07, 6.45) is -0.380. The first-order chi connectivity index (χ1) is 10.0. The topological polar surface area (TPSA) is 47.6 Å². The van der Waals surface area contributed by atoms with E-state index >= 15 is 0 Å². The Labute approximate surface area is 124 Å². The van der Waals surface area contributed by atoms with E-state index < -0.39 is 0 Å². The van der Waals surface area contributed by atoms with Crippen LogP contribution in [0.3, 0.4) is 0 Å². The van der Waals surface area contributed by atoms with Crippen molar-refractivity contribution in [2.45, 2.75) is 19.9 Å². The van der Waals surface area contributed by atoms with Gasteiger partial charge in [-0.15, -0.1) is 0 Å². The average Bonchev–Trinajstić information content (AvgIpc) is 2.49. The summed E-state index contributed by atoms with van der Waals surface area (Å²) < 4.78 is 10.7. The molecule has 110 valence electrons. The minimum absolute atomic E-state index is 0.153. The molecular weight excluding hydrogens is 266 g/mol. The van der Waals surface area contributed by atoms with Crippen LogP contribution in [-0.4, -0.2) is 19.8 Å². The van der Waals surface area contributed by atoms with Gasteiger partial charge in [-0.05, 0) is 16.8 Å². The molecule has 0 aromatic heterocycles. The van der Waals surface area contributed by atoms with Gasteiger partial charge in [0, 0.05) is 11.0 Å². The zero-order valence-corrected chi connectivity index (χ0v) is 12.5. The summed E-state index contributed by atoms with van der Waals surface area (Å²) in [7, 11) is 1.65. The number of benzene rings is 2. The van der Waals surface area contributed by atoms with E-state index in [0.717, 1.165) is 22.1 Å². The lowest BCUT2D eigenvalue weighted by Crippen LogP contribution is -2.47. The second-order valence-electron chi connectivity index (χ2n) is 6.04. The van der Waals surface area contributed by atoms with E-state index in [4.69, 9.17) is 9.47 Å². The number of ether oxygens (including phenoxy) is 2. The Morgan fingerprint density at radius 3 is 2.76 bits per heavy atom. The largest absolute Gasteiger partial charge is 0.496 e. The van der Waals surface area contributed by atoms with Crippen LogP contribution < -0.4 is 10.1 Å². The number of hydrogen-bond acceptors (Lipinski definition) is 3. The van der Waals surface area contributed by atoms with E-state index in [1.165, 1.54) is 0 Å². The summed E-state index contributed by atoms with van der Waals surface area (Å²) in [5.41, 5.74) is 0.794. The third kappa shape index (κ3) is 2.31. The van der Waals surface area contributed by atoms with Gasteiger partial charge in [0.25, 0.3) is 0 Å². The molecule has 3 rings (SSSR count). The molecule has 1 saturated heterocycles. The lowest BCUT2D eigenvalue weighted by atomic mass is 9.78. The van der Waals surface area contributed by atoms with Gasteiger partial charge in [0.15, 0.2) is 0 Å². The van der Waals surface area contributed by atoms with Crippen LogP contribution in [0.4, 0.5) is 4.79 Å². The molecule has 0 bridgehead atoms. The smallest absolute Gasteiger partial charge is 0.407 e. The maximum Gasteiger partial charge on any atom is 0.407 e. The third-order valence-corrected chi connectivity index (χ3v) is 4.06. The van der Waals surface area contributed by atoms with Gasteiger partial charge in [-0.25, -0.2) is 4.79 Å². The van der Waals surface area contributed by atoms with E-state index in [1.807, 2.05) is 24.3 Å². The highest BCUT2D eigenvalue weighted by Gasteiger charge is 2.40. The number of carbonyl (C=O) groups excluding carboxylic acids is 1. The van der Waals surface area contributed by atoms with Gasteiger partial charge in [-0.1, -0.05) is 44.2 Å². The normalized spacial score (nSPS) is 20.7. The zero-order chi connectivity index (χ0) is 15.0. The average molecular weight is 285 g/mol. The van der Waals surface area contributed by atoms with E-state index in [9.17, 15) is 4.79 Å². The molecule has 0 saturated carbocycles. The summed E-state index contributed by atoms with van der Waals surface area (Å²) in [6.45, 7) is 4.55. The zero-order valence-electron chi connectivity index (χ0n) is 12.5. The van der Waals surface area contributed by atoms with Gasteiger partial charge in [0.2, 0.25) is 0 Å². The Balaban J connectivity index is 2.24. The fraction of sp³-hybridized carbons (Fsp3) is 0.353. The van der Waals surface area contributed by atoms with Crippen LogP contribution in [-0.2, 0) is 4.74 Å². The van der Waals surface area contributed by atoms with E-state index in [2.05, 4.69) is 31.3 Å². The molecule has 0 radical (unpaired) electrons. The van der Waals surface area contributed by atoms with Gasteiger partial charge in [0.05, 0.1) is 13.2 Å². The Kier molecular flexibility index (Phi) is 3.24. The molecular formula is C17H19NO3. The van der Waals surface area contributed by atoms with Crippen molar-refractivity contribution in [3.8, 4) is 5.75 Å². The number of amides is 1. The van der Waals surface area contributed by atoms with Crippen molar-refractivity contribution < 1.29 is 14.3 Å². The first-order valence-electron chi connectivity index (χ1n) is 7.02. The number of alkyl carbamates (subject to hydrolysis) is 1. The van der Waals surface area contributed by atoms with Crippen molar-refractivity contribution in [1.82, 2.24) is 5.32 Å². The van der Waals surface area contributed by atoms with Crippen molar-refractivity contribution in [3.63, 3.8) is 0 Å². The minimum atomic E-state index is -0.380. The van der Waals surface area contributed by atoms with E-state index in [0.29, 0.717) is 6.61 Å². The second kappa shape index (κ2) is 4.95. The van der Waals surface area contributed by atoms with E-state index in [1.54, 1.807) is 7.11 Å². The van der Waals surface area contributed by atoms with Crippen molar-refractivity contribution in [2.75, 3.05) is 13.7 Å². The van der Waals surface area contributed by atoms with Crippen LogP contribution in [0.5, 0.6) is 5.75 Å². The molecule has 0 aliphatic carbocycles. The highest BCUT2D eigenvalue weighted by atomic mass is 16.6. The number of methoxy groups -OCH3 is 1. The number of nitrogens with one attached hydrogen (secondary N) is 1. The van der Waals surface area contributed by atoms with Crippen LogP contribution in [0, 0.1) is 5.41 Å². The molecule has 1 fully saturated rings. The van der Waals surface area contributed by atoms with E-state index in [-0.39, 0.29) is 17.6 Å². The first-order valence-corrected chi connectivity index (χ1v) is 7.02. The Morgan fingerprint density at radius 2 is 2.00 bits per heavy atom. The molecule has 1 aliphatic heterocycles. The standard InChI is InChI=1S/C17H19NO3/c1-17(2)10-21-16(19)18-15(17)14-12-7-5-4-6-11(12)8-9-13(14)20-3/h4-9,15H,10H2,1-3H3,(H,18,19)/t15-/m0/s1. The summed E-state index contributed by atoms with van der Waals surface area (Å²) in [4.78, 5) is 11.7. The first kappa shape index (κ1) is 13.7. The Bertz CT molecular complexity index is 693. The molecule has 1 atom stereocenters. The van der Waals surface area contributed by atoms with Crippen LogP contribution in [0.1, 0.15) is 25.5 Å². The van der Waals surface area contributed by atoms with Crippen molar-refractivity contribution in [2.24, 2.45) is 5.41 Å². The van der Waals surface area contributed by atoms with Gasteiger partial charge in [0.1, 0.15) is 12.4 Å². The highest BCUT2D eigenvalue weighted by Crippen LogP contribution is 2.43. The van der Waals surface area contributed by atoms with Crippen molar-refractivity contribution in [3.05, 3.63) is 42.0 Å². The highest BCUT2D eigenvalue weighted by molar-refractivity contribution is 5.89. The van der Waals surface area contributed by atoms with Crippen molar-refractivity contribution in [1.29, 1.82) is 0 Å². The van der Waals surface area contributed by atoms with Crippen LogP contribution in [0.15, 0.2) is 36.4 Å². The minimum Gasteiger partial charge on any atom is -0.496 e. The molecule has 1 aliphatic rings. The molecule has 21 heavy (non-hydrogen) atoms. The van der Waals surface area contributed by atoms with Crippen LogP contribution in [0.2, 0.25) is 0 Å². The van der Waals surface area contributed by atoms with Gasteiger partial charge >= 0.3 is 6.09 Å². The van der Waals surface area contributed by atoms with Gasteiger partial charge in [-0.2, -0.15) is 0 Å². The monoisotopic (exact) mass is 285 g/mol. The maximum absolute atomic E-state index is 11.7. The number of fused-ring (bicyclic) bond motifs is 1. The predicted molar refractivity (Wildman–Crippen MR) is 81.5 cm³/mol. The molecule has 4 nitrogen and oxygen atoms in total. The van der Waals surface area contributed by atoms with Gasteiger partial charge in [-0.3, -0.25) is 0 Å². The van der Waals surface area contributed by atoms with Crippen LogP contribution in [0.25, 0.3) is 10.8 Å². The molecule has 1 N–H and O–H groups in total. The molecule has 1 amide bonds. The number of hydrogen-bond donors (Lipinski definition) is 1. The third-order valence-electron chi connectivity index (χ3n) is 4.06.